The number of carbonyl (C=O) groups is 1. The molecule has 1 atom stereocenters. The monoisotopic (exact) mass is 310 g/mol. The molecule has 0 aliphatic carbocycles. The van der Waals surface area contributed by atoms with Gasteiger partial charge < -0.3 is 20.1 Å². The first-order chi connectivity index (χ1) is 10.5. The van der Waals surface area contributed by atoms with Crippen molar-refractivity contribution in [2.75, 3.05) is 27.3 Å². The zero-order valence-electron chi connectivity index (χ0n) is 13.0. The van der Waals surface area contributed by atoms with E-state index in [1.165, 1.54) is 0 Å². The normalized spacial score (nSPS) is 17.2. The number of nitrogens with zero attached hydrogens (tertiary/aromatic N) is 1. The zero-order chi connectivity index (χ0) is 16.1. The lowest BCUT2D eigenvalue weighted by Crippen LogP contribution is -2.40. The van der Waals surface area contributed by atoms with Gasteiger partial charge >= 0.3 is 0 Å². The highest BCUT2D eigenvalue weighted by Crippen LogP contribution is 2.30. The summed E-state index contributed by atoms with van der Waals surface area (Å²) in [5.74, 6) is 1.17. The number of hydrogen-bond donors (Lipinski definition) is 1. The fourth-order valence-corrected chi connectivity index (χ4v) is 2.62. The number of rotatable bonds is 5. The molecule has 0 radical (unpaired) electrons. The highest BCUT2D eigenvalue weighted by Gasteiger charge is 2.24. The summed E-state index contributed by atoms with van der Waals surface area (Å²) in [7, 11) is 3.12. The van der Waals surface area contributed by atoms with Crippen molar-refractivity contribution in [3.8, 4) is 11.5 Å². The van der Waals surface area contributed by atoms with Crippen LogP contribution in [0.1, 0.15) is 30.9 Å². The van der Waals surface area contributed by atoms with Crippen LogP contribution in [0.2, 0.25) is 0 Å². The molecule has 0 spiro atoms. The van der Waals surface area contributed by atoms with Crippen LogP contribution in [-0.2, 0) is 4.79 Å². The summed E-state index contributed by atoms with van der Waals surface area (Å²) >= 11 is 0. The third-order valence-corrected chi connectivity index (χ3v) is 4.01. The summed E-state index contributed by atoms with van der Waals surface area (Å²) < 4.78 is 23.5. The largest absolute Gasteiger partial charge is 0.493 e. The molecule has 122 valence electrons. The lowest BCUT2D eigenvalue weighted by molar-refractivity contribution is -0.133. The number of nitrogens with two attached hydrogens (primary N) is 1. The van der Waals surface area contributed by atoms with E-state index in [-0.39, 0.29) is 12.3 Å². The van der Waals surface area contributed by atoms with Gasteiger partial charge in [-0.3, -0.25) is 4.79 Å². The Labute approximate surface area is 130 Å². The van der Waals surface area contributed by atoms with Crippen molar-refractivity contribution in [1.82, 2.24) is 4.90 Å². The second-order valence-corrected chi connectivity index (χ2v) is 5.48. The van der Waals surface area contributed by atoms with Crippen LogP contribution >= 0.6 is 0 Å². The van der Waals surface area contributed by atoms with E-state index in [0.29, 0.717) is 37.4 Å². The van der Waals surface area contributed by atoms with Crippen molar-refractivity contribution in [3.05, 3.63) is 23.8 Å². The fourth-order valence-electron chi connectivity index (χ4n) is 2.62. The fraction of sp³-hybridized carbons (Fsp3) is 0.562. The first-order valence-corrected chi connectivity index (χ1v) is 7.44. The molecular formula is C16H23FN2O3. The highest BCUT2D eigenvalue weighted by atomic mass is 19.1. The smallest absolute Gasteiger partial charge is 0.224 e. The van der Waals surface area contributed by atoms with Crippen LogP contribution in [0.15, 0.2) is 18.2 Å². The number of likely N-dealkylation sites (tertiary alicyclic amines) is 1. The van der Waals surface area contributed by atoms with E-state index < -0.39 is 12.2 Å². The third kappa shape index (κ3) is 3.88. The molecule has 5 nitrogen and oxygen atoms in total. The Kier molecular flexibility index (Phi) is 5.60. The molecule has 1 fully saturated rings. The molecule has 0 aromatic heterocycles. The predicted molar refractivity (Wildman–Crippen MR) is 81.8 cm³/mol. The number of amides is 1. The van der Waals surface area contributed by atoms with Crippen LogP contribution in [0, 0.1) is 0 Å². The van der Waals surface area contributed by atoms with E-state index >= 15 is 0 Å². The number of halogens is 1. The van der Waals surface area contributed by atoms with Gasteiger partial charge in [-0.15, -0.1) is 0 Å². The van der Waals surface area contributed by atoms with Crippen LogP contribution in [0.3, 0.4) is 0 Å². The molecule has 22 heavy (non-hydrogen) atoms. The maximum absolute atomic E-state index is 13.1. The SMILES string of the molecule is COc1ccc([C@@H](N)CC(=O)N2CCC(F)CC2)cc1OC. The molecule has 1 aromatic rings. The molecule has 0 saturated carbocycles. The zero-order valence-corrected chi connectivity index (χ0v) is 13.0. The number of hydrogen-bond acceptors (Lipinski definition) is 4. The van der Waals surface area contributed by atoms with Crippen LogP contribution in [-0.4, -0.2) is 44.3 Å². The molecule has 1 heterocycles. The Bertz CT molecular complexity index is 516. The van der Waals surface area contributed by atoms with Crippen LogP contribution in [0.25, 0.3) is 0 Å². The molecule has 1 aromatic carbocycles. The molecule has 2 N–H and O–H groups in total. The lowest BCUT2D eigenvalue weighted by Gasteiger charge is -2.29. The van der Waals surface area contributed by atoms with Gasteiger partial charge in [-0.25, -0.2) is 4.39 Å². The summed E-state index contributed by atoms with van der Waals surface area (Å²) in [5, 5.41) is 0. The summed E-state index contributed by atoms with van der Waals surface area (Å²) in [6.07, 6.45) is 0.241. The van der Waals surface area contributed by atoms with E-state index in [0.717, 1.165) is 5.56 Å². The summed E-state index contributed by atoms with van der Waals surface area (Å²) in [6.45, 7) is 0.942. The first-order valence-electron chi connectivity index (χ1n) is 7.44. The molecule has 2 rings (SSSR count). The molecule has 1 saturated heterocycles. The molecule has 1 aliphatic heterocycles. The van der Waals surface area contributed by atoms with Crippen molar-refractivity contribution >= 4 is 5.91 Å². The van der Waals surface area contributed by atoms with E-state index in [2.05, 4.69) is 0 Å². The van der Waals surface area contributed by atoms with E-state index in [4.69, 9.17) is 15.2 Å². The number of benzene rings is 1. The topological polar surface area (TPSA) is 64.8 Å². The standard InChI is InChI=1S/C16H23FN2O3/c1-21-14-4-3-11(9-15(14)22-2)13(18)10-16(20)19-7-5-12(17)6-8-19/h3-4,9,12-13H,5-8,10,18H2,1-2H3/t13-/m0/s1. The van der Waals surface area contributed by atoms with Crippen LogP contribution in [0.4, 0.5) is 4.39 Å². The van der Waals surface area contributed by atoms with Crippen molar-refractivity contribution in [1.29, 1.82) is 0 Å². The van der Waals surface area contributed by atoms with E-state index in [1.54, 1.807) is 31.3 Å². The van der Waals surface area contributed by atoms with Crippen molar-refractivity contribution in [3.63, 3.8) is 0 Å². The lowest BCUT2D eigenvalue weighted by atomic mass is 10.0. The Morgan fingerprint density at radius 2 is 1.95 bits per heavy atom. The summed E-state index contributed by atoms with van der Waals surface area (Å²) in [4.78, 5) is 13.9. The molecular weight excluding hydrogens is 287 g/mol. The number of piperidine rings is 1. The highest BCUT2D eigenvalue weighted by molar-refractivity contribution is 5.77. The van der Waals surface area contributed by atoms with Crippen LogP contribution in [0.5, 0.6) is 11.5 Å². The van der Waals surface area contributed by atoms with Gasteiger partial charge in [0.15, 0.2) is 11.5 Å². The Balaban J connectivity index is 1.99. The minimum Gasteiger partial charge on any atom is -0.493 e. The van der Waals surface area contributed by atoms with Gasteiger partial charge in [0, 0.05) is 25.6 Å². The van der Waals surface area contributed by atoms with Gasteiger partial charge in [-0.1, -0.05) is 6.07 Å². The number of methoxy groups -OCH3 is 2. The quantitative estimate of drug-likeness (QED) is 0.904. The van der Waals surface area contributed by atoms with E-state index in [9.17, 15) is 9.18 Å². The van der Waals surface area contributed by atoms with Gasteiger partial charge in [0.1, 0.15) is 6.17 Å². The molecule has 6 heteroatoms. The van der Waals surface area contributed by atoms with Gasteiger partial charge in [-0.05, 0) is 30.5 Å². The number of carbonyl (C=O) groups excluding carboxylic acids is 1. The van der Waals surface area contributed by atoms with Crippen LogP contribution < -0.4 is 15.2 Å². The van der Waals surface area contributed by atoms with E-state index in [1.807, 2.05) is 6.07 Å². The number of alkyl halides is 1. The Morgan fingerprint density at radius 3 is 2.55 bits per heavy atom. The maximum atomic E-state index is 13.1. The molecule has 1 amide bonds. The summed E-state index contributed by atoms with van der Waals surface area (Å²) in [5.41, 5.74) is 6.94. The summed E-state index contributed by atoms with van der Waals surface area (Å²) in [6, 6.07) is 4.96. The Morgan fingerprint density at radius 1 is 1.32 bits per heavy atom. The van der Waals surface area contributed by atoms with Gasteiger partial charge in [0.25, 0.3) is 0 Å². The van der Waals surface area contributed by atoms with Crippen molar-refractivity contribution < 1.29 is 18.7 Å². The molecule has 0 unspecified atom stereocenters. The predicted octanol–water partition coefficient (Wildman–Crippen LogP) is 2.05. The van der Waals surface area contributed by atoms with Gasteiger partial charge in [0.2, 0.25) is 5.91 Å². The number of ether oxygens (including phenoxy) is 2. The van der Waals surface area contributed by atoms with Gasteiger partial charge in [0.05, 0.1) is 14.2 Å². The Hall–Kier alpha value is -1.82. The second-order valence-electron chi connectivity index (χ2n) is 5.48. The average Bonchev–Trinajstić information content (AvgIpc) is 2.54. The first kappa shape index (κ1) is 16.5. The van der Waals surface area contributed by atoms with Gasteiger partial charge in [-0.2, -0.15) is 0 Å². The maximum Gasteiger partial charge on any atom is 0.224 e. The minimum atomic E-state index is -0.788. The average molecular weight is 310 g/mol. The second kappa shape index (κ2) is 7.45. The third-order valence-electron chi connectivity index (χ3n) is 4.01. The van der Waals surface area contributed by atoms with Crippen molar-refractivity contribution in [2.24, 2.45) is 5.73 Å². The molecule has 1 aliphatic rings. The minimum absolute atomic E-state index is 0.0332. The van der Waals surface area contributed by atoms with Crippen molar-refractivity contribution in [2.45, 2.75) is 31.5 Å². The molecule has 0 bridgehead atoms.